The molecule has 2 heterocycles. The Bertz CT molecular complexity index is 384. The van der Waals surface area contributed by atoms with Gasteiger partial charge < -0.3 is 5.32 Å². The maximum Gasteiger partial charge on any atom is 0.0249 e. The summed E-state index contributed by atoms with van der Waals surface area (Å²) in [6, 6.07) is 12.5. The largest absolute Gasteiger partial charge is 0.312 e. The third kappa shape index (κ3) is 3.62. The van der Waals surface area contributed by atoms with Gasteiger partial charge in [-0.25, -0.2) is 0 Å². The molecule has 110 valence electrons. The molecule has 0 aliphatic carbocycles. The van der Waals surface area contributed by atoms with Crippen molar-refractivity contribution in [3.63, 3.8) is 0 Å². The molecule has 2 nitrogen and oxygen atoms in total. The predicted octanol–water partition coefficient (Wildman–Crippen LogP) is 3.23. The van der Waals surface area contributed by atoms with Crippen molar-refractivity contribution in [2.45, 2.75) is 57.0 Å². The zero-order chi connectivity index (χ0) is 13.6. The monoisotopic (exact) mass is 272 g/mol. The van der Waals surface area contributed by atoms with Crippen LogP contribution in [-0.4, -0.2) is 36.6 Å². The van der Waals surface area contributed by atoms with Crippen LogP contribution < -0.4 is 5.32 Å². The second kappa shape index (κ2) is 7.24. The van der Waals surface area contributed by atoms with Gasteiger partial charge in [0.2, 0.25) is 0 Å². The number of benzene rings is 1. The van der Waals surface area contributed by atoms with Gasteiger partial charge in [-0.1, -0.05) is 30.3 Å². The first-order valence-corrected chi connectivity index (χ1v) is 8.45. The fraction of sp³-hybridized carbons (Fsp3) is 0.667. The molecule has 20 heavy (non-hydrogen) atoms. The summed E-state index contributed by atoms with van der Waals surface area (Å²) in [5.41, 5.74) is 1.49. The zero-order valence-electron chi connectivity index (χ0n) is 12.6. The van der Waals surface area contributed by atoms with E-state index in [2.05, 4.69) is 40.5 Å². The van der Waals surface area contributed by atoms with Gasteiger partial charge in [0.15, 0.2) is 0 Å². The highest BCUT2D eigenvalue weighted by atomic mass is 15.2. The Morgan fingerprint density at radius 2 is 1.95 bits per heavy atom. The average Bonchev–Trinajstić information content (AvgIpc) is 3.15. The molecule has 2 unspecified atom stereocenters. The van der Waals surface area contributed by atoms with Gasteiger partial charge in [-0.15, -0.1) is 0 Å². The normalized spacial score (nSPS) is 27.2. The van der Waals surface area contributed by atoms with Crippen LogP contribution in [0, 0.1) is 0 Å². The molecular formula is C18H28N2. The van der Waals surface area contributed by atoms with E-state index in [4.69, 9.17) is 0 Å². The van der Waals surface area contributed by atoms with Crippen LogP contribution in [0.25, 0.3) is 0 Å². The molecule has 2 saturated heterocycles. The quantitative estimate of drug-likeness (QED) is 0.800. The van der Waals surface area contributed by atoms with Crippen LogP contribution in [0.1, 0.15) is 44.1 Å². The standard InChI is InChI=1S/C18H28N2/c1-2-8-16(9-3-1)10-4-5-14-20-15-7-12-18(20)17-11-6-13-19-17/h1-3,8-9,17-19H,4-7,10-15H2. The third-order valence-electron chi connectivity index (χ3n) is 4.98. The van der Waals surface area contributed by atoms with Crippen molar-refractivity contribution in [2.75, 3.05) is 19.6 Å². The van der Waals surface area contributed by atoms with Gasteiger partial charge in [0.05, 0.1) is 0 Å². The van der Waals surface area contributed by atoms with Crippen LogP contribution in [0.15, 0.2) is 30.3 Å². The fourth-order valence-corrected chi connectivity index (χ4v) is 3.91. The van der Waals surface area contributed by atoms with Crippen molar-refractivity contribution >= 4 is 0 Å². The van der Waals surface area contributed by atoms with E-state index >= 15 is 0 Å². The molecule has 2 atom stereocenters. The van der Waals surface area contributed by atoms with Gasteiger partial charge in [-0.3, -0.25) is 4.90 Å². The second-order valence-electron chi connectivity index (χ2n) is 6.39. The maximum absolute atomic E-state index is 3.70. The van der Waals surface area contributed by atoms with E-state index < -0.39 is 0 Å². The van der Waals surface area contributed by atoms with E-state index in [1.165, 1.54) is 70.1 Å². The smallest absolute Gasteiger partial charge is 0.0249 e. The summed E-state index contributed by atoms with van der Waals surface area (Å²) in [5.74, 6) is 0. The Balaban J connectivity index is 1.39. The molecule has 1 aromatic rings. The lowest BCUT2D eigenvalue weighted by Crippen LogP contribution is -2.44. The molecule has 2 heteroatoms. The number of hydrogen-bond donors (Lipinski definition) is 1. The van der Waals surface area contributed by atoms with Crippen molar-refractivity contribution in [3.8, 4) is 0 Å². The summed E-state index contributed by atoms with van der Waals surface area (Å²) >= 11 is 0. The molecular weight excluding hydrogens is 244 g/mol. The maximum atomic E-state index is 3.70. The van der Waals surface area contributed by atoms with Crippen LogP contribution in [0.5, 0.6) is 0 Å². The van der Waals surface area contributed by atoms with Gasteiger partial charge in [-0.05, 0) is 70.1 Å². The second-order valence-corrected chi connectivity index (χ2v) is 6.39. The number of aryl methyl sites for hydroxylation is 1. The van der Waals surface area contributed by atoms with E-state index in [9.17, 15) is 0 Å². The molecule has 3 rings (SSSR count). The summed E-state index contributed by atoms with van der Waals surface area (Å²) in [6.45, 7) is 3.87. The lowest BCUT2D eigenvalue weighted by Gasteiger charge is -2.29. The van der Waals surface area contributed by atoms with Gasteiger partial charge in [0.1, 0.15) is 0 Å². The van der Waals surface area contributed by atoms with Crippen molar-refractivity contribution in [1.82, 2.24) is 10.2 Å². The minimum absolute atomic E-state index is 0.784. The molecule has 0 bridgehead atoms. The molecule has 1 aromatic carbocycles. The number of rotatable bonds is 6. The van der Waals surface area contributed by atoms with Gasteiger partial charge in [0, 0.05) is 12.1 Å². The van der Waals surface area contributed by atoms with Crippen LogP contribution in [-0.2, 0) is 6.42 Å². The molecule has 0 amide bonds. The van der Waals surface area contributed by atoms with E-state index in [-0.39, 0.29) is 0 Å². The minimum Gasteiger partial charge on any atom is -0.312 e. The number of unbranched alkanes of at least 4 members (excludes halogenated alkanes) is 1. The van der Waals surface area contributed by atoms with E-state index in [1.807, 2.05) is 0 Å². The molecule has 0 saturated carbocycles. The summed E-state index contributed by atoms with van der Waals surface area (Å²) in [6.07, 6.45) is 9.50. The van der Waals surface area contributed by atoms with E-state index in [0.717, 1.165) is 12.1 Å². The first-order valence-electron chi connectivity index (χ1n) is 8.45. The highest BCUT2D eigenvalue weighted by Gasteiger charge is 2.32. The summed E-state index contributed by atoms with van der Waals surface area (Å²) < 4.78 is 0. The molecule has 0 radical (unpaired) electrons. The molecule has 2 fully saturated rings. The first-order chi connectivity index (χ1) is 9.93. The predicted molar refractivity (Wildman–Crippen MR) is 85.0 cm³/mol. The van der Waals surface area contributed by atoms with Crippen LogP contribution in [0.3, 0.4) is 0 Å². The van der Waals surface area contributed by atoms with E-state index in [0.29, 0.717) is 0 Å². The fourth-order valence-electron chi connectivity index (χ4n) is 3.91. The zero-order valence-corrected chi connectivity index (χ0v) is 12.6. The third-order valence-corrected chi connectivity index (χ3v) is 4.98. The average molecular weight is 272 g/mol. The first kappa shape index (κ1) is 14.1. The summed E-state index contributed by atoms with van der Waals surface area (Å²) in [4.78, 5) is 2.76. The van der Waals surface area contributed by atoms with Gasteiger partial charge in [0.25, 0.3) is 0 Å². The Kier molecular flexibility index (Phi) is 5.10. The SMILES string of the molecule is c1ccc(CCCCN2CCCC2C2CCCN2)cc1. The van der Waals surface area contributed by atoms with Crippen LogP contribution in [0.4, 0.5) is 0 Å². The number of nitrogens with zero attached hydrogens (tertiary/aromatic N) is 1. The lowest BCUT2D eigenvalue weighted by atomic mass is 10.0. The molecule has 2 aliphatic heterocycles. The number of likely N-dealkylation sites (tertiary alicyclic amines) is 1. The summed E-state index contributed by atoms with van der Waals surface area (Å²) in [5, 5.41) is 3.70. The van der Waals surface area contributed by atoms with Gasteiger partial charge >= 0.3 is 0 Å². The topological polar surface area (TPSA) is 15.3 Å². The van der Waals surface area contributed by atoms with E-state index in [1.54, 1.807) is 0 Å². The summed E-state index contributed by atoms with van der Waals surface area (Å²) in [7, 11) is 0. The Hall–Kier alpha value is -0.860. The number of hydrogen-bond acceptors (Lipinski definition) is 2. The van der Waals surface area contributed by atoms with Crippen LogP contribution >= 0.6 is 0 Å². The van der Waals surface area contributed by atoms with Crippen LogP contribution in [0.2, 0.25) is 0 Å². The molecule has 2 aliphatic rings. The van der Waals surface area contributed by atoms with Gasteiger partial charge in [-0.2, -0.15) is 0 Å². The van der Waals surface area contributed by atoms with Crippen molar-refractivity contribution in [3.05, 3.63) is 35.9 Å². The Morgan fingerprint density at radius 1 is 1.05 bits per heavy atom. The highest BCUT2D eigenvalue weighted by Crippen LogP contribution is 2.25. The van der Waals surface area contributed by atoms with Crippen molar-refractivity contribution in [1.29, 1.82) is 0 Å². The van der Waals surface area contributed by atoms with Crippen molar-refractivity contribution < 1.29 is 0 Å². The molecule has 0 spiro atoms. The molecule has 1 N–H and O–H groups in total. The Labute approximate surface area is 123 Å². The highest BCUT2D eigenvalue weighted by molar-refractivity contribution is 5.14. The minimum atomic E-state index is 0.784. The Morgan fingerprint density at radius 3 is 2.75 bits per heavy atom. The lowest BCUT2D eigenvalue weighted by molar-refractivity contribution is 0.211. The van der Waals surface area contributed by atoms with Crippen molar-refractivity contribution in [2.24, 2.45) is 0 Å². The number of nitrogens with one attached hydrogen (secondary N) is 1. The molecule has 0 aromatic heterocycles.